The number of aliphatic hydroxyl groups is 6. The zero-order chi connectivity index (χ0) is 39.7. The predicted molar refractivity (Wildman–Crippen MR) is 189 cm³/mol. The molecule has 2 saturated heterocycles. The van der Waals surface area contributed by atoms with Crippen LogP contribution >= 0.6 is 0 Å². The number of aromatic hydroxyl groups is 3. The first-order valence-corrected chi connectivity index (χ1v) is 17.0. The van der Waals surface area contributed by atoms with E-state index in [0.717, 1.165) is 12.1 Å². The van der Waals surface area contributed by atoms with Gasteiger partial charge in [0.05, 0.1) is 13.7 Å². The average Bonchev–Trinajstić information content (AvgIpc) is 3.16. The second-order valence-electron chi connectivity index (χ2n) is 13.1. The lowest BCUT2D eigenvalue weighted by Gasteiger charge is -2.46. The average molecular weight is 769 g/mol. The number of aliphatic hydroxyl groups excluding tert-OH is 6. The number of carbonyl (C=O) groups excluding carboxylic acids is 1. The van der Waals surface area contributed by atoms with Gasteiger partial charge in [-0.05, 0) is 66.6 Å². The molecule has 0 spiro atoms. The maximum absolute atomic E-state index is 13.4. The molecule has 0 amide bonds. The van der Waals surface area contributed by atoms with E-state index in [1.54, 1.807) is 0 Å². The number of phenols is 3. The first-order chi connectivity index (χ1) is 26.2. The van der Waals surface area contributed by atoms with Gasteiger partial charge in [0.1, 0.15) is 89.8 Å². The van der Waals surface area contributed by atoms with Gasteiger partial charge in [-0.1, -0.05) is 6.07 Å². The molecular weight excluding hydrogens is 728 g/mol. The number of esters is 1. The molecule has 2 aliphatic rings. The van der Waals surface area contributed by atoms with Gasteiger partial charge in [0, 0.05) is 23.3 Å². The summed E-state index contributed by atoms with van der Waals surface area (Å²) < 4.78 is 33.8. The molecule has 4 aromatic rings. The number of aryl methyl sites for hydroxylation is 1. The van der Waals surface area contributed by atoms with Crippen LogP contribution in [-0.4, -0.2) is 127 Å². The van der Waals surface area contributed by atoms with Crippen LogP contribution in [0.15, 0.2) is 69.9 Å². The number of benzene rings is 3. The van der Waals surface area contributed by atoms with Crippen molar-refractivity contribution in [2.24, 2.45) is 0 Å². The molecule has 0 saturated carbocycles. The molecular formula is C38H40O17. The number of hydrogen-bond acceptors (Lipinski definition) is 17. The van der Waals surface area contributed by atoms with Gasteiger partial charge >= 0.3 is 5.97 Å². The van der Waals surface area contributed by atoms with Gasteiger partial charge in [0.15, 0.2) is 23.2 Å². The minimum atomic E-state index is -1.97. The summed E-state index contributed by atoms with van der Waals surface area (Å²) in [5, 5.41) is 95.1. The summed E-state index contributed by atoms with van der Waals surface area (Å²) in [5.74, 6) is -1.34. The molecule has 10 atom stereocenters. The standard InChI is InChI=1S/C38H40O17/c1-16-11-24-29(21(42)13-22(52-24)18-5-7-19(40)8-6-18)32(46)28(16)36-37(34(48)30(44)25(14-39)53-36)55-38-35(49)33(47)31(45)26(54-38)15-51-27(43)10-4-17-3-9-20(41)23(12-17)50-2/h3-13,25-26,30-31,33-41,44-49H,14-15H2,1-2H3/b10-4+/t25-,26-,30-,31-,33-,34+,35-,36+,37-,38+/m1/s1. The van der Waals surface area contributed by atoms with Gasteiger partial charge in [0.25, 0.3) is 0 Å². The van der Waals surface area contributed by atoms with E-state index >= 15 is 0 Å². The van der Waals surface area contributed by atoms with Gasteiger partial charge in [-0.15, -0.1) is 0 Å². The number of phenolic OH excluding ortho intramolecular Hbond substituents is 3. The molecule has 0 radical (unpaired) electrons. The lowest BCUT2D eigenvalue weighted by molar-refractivity contribution is -0.342. The van der Waals surface area contributed by atoms with Gasteiger partial charge in [-0.2, -0.15) is 0 Å². The fraction of sp³-hybridized carbons (Fsp3) is 0.368. The van der Waals surface area contributed by atoms with Gasteiger partial charge in [0.2, 0.25) is 0 Å². The number of ether oxygens (including phenoxy) is 5. The Labute approximate surface area is 312 Å². The third-order valence-electron chi connectivity index (χ3n) is 9.51. The fourth-order valence-corrected chi connectivity index (χ4v) is 6.54. The zero-order valence-electron chi connectivity index (χ0n) is 29.3. The van der Waals surface area contributed by atoms with Crippen molar-refractivity contribution < 1.29 is 78.9 Å². The predicted octanol–water partition coefficient (Wildman–Crippen LogP) is 0.497. The molecule has 3 aromatic carbocycles. The van der Waals surface area contributed by atoms with E-state index in [-0.39, 0.29) is 45.1 Å². The molecule has 2 aliphatic heterocycles. The number of carbonyl (C=O) groups is 1. The van der Waals surface area contributed by atoms with Crippen LogP contribution in [0.5, 0.6) is 23.0 Å². The Morgan fingerprint density at radius 3 is 2.25 bits per heavy atom. The van der Waals surface area contributed by atoms with Crippen molar-refractivity contribution in [2.45, 2.75) is 68.1 Å². The van der Waals surface area contributed by atoms with Crippen molar-refractivity contribution in [1.29, 1.82) is 0 Å². The molecule has 0 unspecified atom stereocenters. The van der Waals surface area contributed by atoms with Crippen molar-refractivity contribution in [2.75, 3.05) is 20.3 Å². The Morgan fingerprint density at radius 2 is 1.56 bits per heavy atom. The zero-order valence-corrected chi connectivity index (χ0v) is 29.3. The summed E-state index contributed by atoms with van der Waals surface area (Å²) in [5.41, 5.74) is 0.380. The first-order valence-electron chi connectivity index (χ1n) is 17.0. The van der Waals surface area contributed by atoms with Gasteiger partial charge in [-0.3, -0.25) is 4.79 Å². The smallest absolute Gasteiger partial charge is 0.330 e. The Balaban J connectivity index is 1.26. The van der Waals surface area contributed by atoms with Crippen molar-refractivity contribution in [1.82, 2.24) is 0 Å². The highest BCUT2D eigenvalue weighted by molar-refractivity contribution is 5.88. The van der Waals surface area contributed by atoms with E-state index in [0.29, 0.717) is 11.1 Å². The molecule has 0 bridgehead atoms. The molecule has 2 fully saturated rings. The normalized spacial score (nSPS) is 28.4. The molecule has 9 N–H and O–H groups in total. The molecule has 0 aliphatic carbocycles. The Morgan fingerprint density at radius 1 is 0.855 bits per heavy atom. The fourth-order valence-electron chi connectivity index (χ4n) is 6.54. The Kier molecular flexibility index (Phi) is 11.8. The molecule has 294 valence electrons. The minimum Gasteiger partial charge on any atom is -0.508 e. The second kappa shape index (κ2) is 16.3. The van der Waals surface area contributed by atoms with Crippen molar-refractivity contribution >= 4 is 23.0 Å². The van der Waals surface area contributed by atoms with Crippen molar-refractivity contribution in [3.63, 3.8) is 0 Å². The van der Waals surface area contributed by atoms with Crippen LogP contribution in [0.1, 0.15) is 22.8 Å². The third-order valence-corrected chi connectivity index (χ3v) is 9.51. The van der Waals surface area contributed by atoms with Gasteiger partial charge in [-0.25, -0.2) is 4.79 Å². The van der Waals surface area contributed by atoms with Crippen LogP contribution in [0, 0.1) is 6.92 Å². The second-order valence-corrected chi connectivity index (χ2v) is 13.1. The lowest BCUT2D eigenvalue weighted by atomic mass is 9.87. The van der Waals surface area contributed by atoms with E-state index in [4.69, 9.17) is 28.1 Å². The molecule has 55 heavy (non-hydrogen) atoms. The molecule has 17 heteroatoms. The lowest BCUT2D eigenvalue weighted by Crippen LogP contribution is -2.63. The molecule has 3 heterocycles. The summed E-state index contributed by atoms with van der Waals surface area (Å²) in [6.45, 7) is 0.0842. The van der Waals surface area contributed by atoms with E-state index < -0.39 is 91.6 Å². The van der Waals surface area contributed by atoms with E-state index in [1.165, 1.54) is 68.6 Å². The highest BCUT2D eigenvalue weighted by Gasteiger charge is 2.52. The largest absolute Gasteiger partial charge is 0.508 e. The van der Waals surface area contributed by atoms with Crippen LogP contribution in [0.2, 0.25) is 0 Å². The maximum Gasteiger partial charge on any atom is 0.330 e. The van der Waals surface area contributed by atoms with Crippen LogP contribution < -0.4 is 10.2 Å². The molecule has 1 aromatic heterocycles. The van der Waals surface area contributed by atoms with E-state index in [2.05, 4.69) is 0 Å². The van der Waals surface area contributed by atoms with Crippen LogP contribution in [0.4, 0.5) is 0 Å². The van der Waals surface area contributed by atoms with Crippen LogP contribution in [0.25, 0.3) is 28.4 Å². The third kappa shape index (κ3) is 8.01. The Bertz CT molecular complexity index is 2100. The van der Waals surface area contributed by atoms with Crippen LogP contribution in [0.3, 0.4) is 0 Å². The Hall–Kier alpha value is -5.08. The number of fused-ring (bicyclic) bond motifs is 1. The quantitative estimate of drug-likeness (QED) is 0.0785. The summed E-state index contributed by atoms with van der Waals surface area (Å²) >= 11 is 0. The minimum absolute atomic E-state index is 0.00363. The van der Waals surface area contributed by atoms with E-state index in [9.17, 15) is 55.5 Å². The topological polar surface area (TPSA) is 275 Å². The molecule has 6 rings (SSSR count). The summed E-state index contributed by atoms with van der Waals surface area (Å²) in [6, 6.07) is 12.8. The van der Waals surface area contributed by atoms with Crippen LogP contribution in [-0.2, 0) is 23.7 Å². The highest BCUT2D eigenvalue weighted by Crippen LogP contribution is 2.44. The highest BCUT2D eigenvalue weighted by atomic mass is 16.7. The monoisotopic (exact) mass is 768 g/mol. The first kappa shape index (κ1) is 39.6. The maximum atomic E-state index is 13.4. The number of rotatable bonds is 10. The van der Waals surface area contributed by atoms with Crippen molar-refractivity contribution in [3.8, 4) is 34.3 Å². The summed E-state index contributed by atoms with van der Waals surface area (Å²) in [7, 11) is 1.36. The summed E-state index contributed by atoms with van der Waals surface area (Å²) in [6.07, 6.45) is -15.0. The molecule has 17 nitrogen and oxygen atoms in total. The summed E-state index contributed by atoms with van der Waals surface area (Å²) in [4.78, 5) is 25.9. The van der Waals surface area contributed by atoms with Gasteiger partial charge < -0.3 is 74.1 Å². The number of hydrogen-bond donors (Lipinski definition) is 9. The number of methoxy groups -OCH3 is 1. The van der Waals surface area contributed by atoms with Crippen molar-refractivity contribution in [3.05, 3.63) is 87.6 Å². The SMILES string of the molecule is COc1cc(/C=C/C(=O)OC[C@H]2O[C@@H](O[C@@H]3[C@@H](O)[C@H](O)[C@@H](CO)O[C@H]3c3c(C)cc4oc(-c5ccc(O)cc5)cc(=O)c4c3O)[C@H](O)[C@H](O)[C@@H]2O)ccc1O. The van der Waals surface area contributed by atoms with E-state index in [1.807, 2.05) is 0 Å².